The van der Waals surface area contributed by atoms with Crippen molar-refractivity contribution in [3.8, 4) is 0 Å². The van der Waals surface area contributed by atoms with E-state index < -0.39 is 34.4 Å². The minimum absolute atomic E-state index is 0.0931. The highest BCUT2D eigenvalue weighted by molar-refractivity contribution is 8.00. The summed E-state index contributed by atoms with van der Waals surface area (Å²) in [6.07, 6.45) is 3.09. The monoisotopic (exact) mass is 310 g/mol. The molecule has 1 unspecified atom stereocenters. The minimum atomic E-state index is -1.10. The highest BCUT2D eigenvalue weighted by atomic mass is 32.2. The maximum absolute atomic E-state index is 13.9. The van der Waals surface area contributed by atoms with E-state index in [4.69, 9.17) is 0 Å². The topological polar surface area (TPSA) is 33.2 Å². The van der Waals surface area contributed by atoms with Gasteiger partial charge in [-0.1, -0.05) is 6.07 Å². The van der Waals surface area contributed by atoms with Crippen molar-refractivity contribution in [3.63, 3.8) is 0 Å². The molecule has 0 aliphatic carbocycles. The van der Waals surface area contributed by atoms with Crippen LogP contribution in [0.3, 0.4) is 0 Å². The molecule has 108 valence electrons. The largest absolute Gasteiger partial charge is 0.290 e. The second-order valence-electron chi connectivity index (χ2n) is 4.43. The lowest BCUT2D eigenvalue weighted by molar-refractivity contribution is -0.115. The van der Waals surface area contributed by atoms with Gasteiger partial charge in [-0.15, -0.1) is 11.8 Å². The van der Waals surface area contributed by atoms with E-state index in [9.17, 15) is 18.0 Å². The molecule has 1 saturated heterocycles. The van der Waals surface area contributed by atoms with Gasteiger partial charge in [-0.3, -0.25) is 14.7 Å². The average molecular weight is 310 g/mol. The number of aromatic nitrogens is 1. The fourth-order valence-corrected chi connectivity index (χ4v) is 3.34. The third-order valence-corrected chi connectivity index (χ3v) is 4.27. The molecule has 1 amide bonds. The van der Waals surface area contributed by atoms with Crippen LogP contribution >= 0.6 is 11.8 Å². The van der Waals surface area contributed by atoms with Crippen molar-refractivity contribution in [1.29, 1.82) is 0 Å². The standard InChI is InChI=1S/C14H9F3N2OS/c15-9-4-10(16)13(11(17)5-9)19-12(20)7-21-14(19)8-2-1-3-18-6-8/h1-6,14H,7H2. The Kier molecular flexibility index (Phi) is 3.59. The number of benzene rings is 1. The van der Waals surface area contributed by atoms with Crippen LogP contribution in [0.25, 0.3) is 0 Å². The molecule has 21 heavy (non-hydrogen) atoms. The summed E-state index contributed by atoms with van der Waals surface area (Å²) in [5.41, 5.74) is 0.122. The number of halogens is 3. The Balaban J connectivity index is 2.09. The van der Waals surface area contributed by atoms with E-state index in [1.807, 2.05) is 0 Å². The molecule has 0 N–H and O–H groups in total. The molecule has 1 aromatic heterocycles. The van der Waals surface area contributed by atoms with Gasteiger partial charge in [-0.2, -0.15) is 0 Å². The maximum Gasteiger partial charge on any atom is 0.238 e. The van der Waals surface area contributed by atoms with Gasteiger partial charge in [-0.05, 0) is 6.07 Å². The van der Waals surface area contributed by atoms with E-state index in [1.54, 1.807) is 18.3 Å². The quantitative estimate of drug-likeness (QED) is 0.853. The minimum Gasteiger partial charge on any atom is -0.290 e. The lowest BCUT2D eigenvalue weighted by atomic mass is 10.2. The number of pyridine rings is 1. The van der Waals surface area contributed by atoms with Gasteiger partial charge in [0.2, 0.25) is 5.91 Å². The summed E-state index contributed by atoms with van der Waals surface area (Å²) in [7, 11) is 0. The van der Waals surface area contributed by atoms with E-state index in [1.165, 1.54) is 18.0 Å². The smallest absolute Gasteiger partial charge is 0.238 e. The molecule has 0 spiro atoms. The molecule has 1 aromatic carbocycles. The molecule has 0 saturated carbocycles. The molecular formula is C14H9F3N2OS. The summed E-state index contributed by atoms with van der Waals surface area (Å²) in [6.45, 7) is 0. The van der Waals surface area contributed by atoms with Crippen LogP contribution in [-0.4, -0.2) is 16.6 Å². The van der Waals surface area contributed by atoms with Crippen LogP contribution in [-0.2, 0) is 4.79 Å². The number of carbonyl (C=O) groups excluding carboxylic acids is 1. The van der Waals surface area contributed by atoms with Crippen LogP contribution < -0.4 is 4.90 Å². The molecule has 7 heteroatoms. The van der Waals surface area contributed by atoms with Crippen LogP contribution in [0.1, 0.15) is 10.9 Å². The molecule has 2 aromatic rings. The molecule has 1 aliphatic heterocycles. The number of amides is 1. The Morgan fingerprint density at radius 2 is 1.95 bits per heavy atom. The lowest BCUT2D eigenvalue weighted by Gasteiger charge is -2.24. The van der Waals surface area contributed by atoms with Gasteiger partial charge < -0.3 is 0 Å². The number of hydrogen-bond acceptors (Lipinski definition) is 3. The Morgan fingerprint density at radius 1 is 1.24 bits per heavy atom. The number of hydrogen-bond donors (Lipinski definition) is 0. The first-order valence-corrected chi connectivity index (χ1v) is 7.11. The molecule has 3 nitrogen and oxygen atoms in total. The van der Waals surface area contributed by atoms with Crippen molar-refractivity contribution in [2.45, 2.75) is 5.37 Å². The zero-order chi connectivity index (χ0) is 15.0. The van der Waals surface area contributed by atoms with Gasteiger partial charge in [0.1, 0.15) is 16.9 Å². The summed E-state index contributed by atoms with van der Waals surface area (Å²) >= 11 is 1.24. The molecule has 1 aliphatic rings. The normalized spacial score (nSPS) is 18.3. The predicted octanol–water partition coefficient (Wildman–Crippen LogP) is 3.28. The van der Waals surface area contributed by atoms with E-state index in [0.29, 0.717) is 17.7 Å². The van der Waals surface area contributed by atoms with Crippen molar-refractivity contribution in [3.05, 3.63) is 59.7 Å². The van der Waals surface area contributed by atoms with Gasteiger partial charge >= 0.3 is 0 Å². The van der Waals surface area contributed by atoms with Crippen LogP contribution in [0.2, 0.25) is 0 Å². The van der Waals surface area contributed by atoms with Crippen LogP contribution in [0, 0.1) is 17.5 Å². The first-order valence-electron chi connectivity index (χ1n) is 6.06. The molecular weight excluding hydrogens is 301 g/mol. The van der Waals surface area contributed by atoms with Crippen LogP contribution in [0.15, 0.2) is 36.7 Å². The van der Waals surface area contributed by atoms with Gasteiger partial charge in [0.05, 0.1) is 5.75 Å². The zero-order valence-corrected chi connectivity index (χ0v) is 11.4. The Hall–Kier alpha value is -2.02. The van der Waals surface area contributed by atoms with Crippen LogP contribution in [0.5, 0.6) is 0 Å². The van der Waals surface area contributed by atoms with E-state index in [-0.39, 0.29) is 5.75 Å². The SMILES string of the molecule is O=C1CSC(c2cccnc2)N1c1c(F)cc(F)cc1F. The van der Waals surface area contributed by atoms with Gasteiger partial charge in [0, 0.05) is 30.1 Å². The predicted molar refractivity (Wildman–Crippen MR) is 73.2 cm³/mol. The third kappa shape index (κ3) is 2.49. The zero-order valence-electron chi connectivity index (χ0n) is 10.6. The van der Waals surface area contributed by atoms with Crippen molar-refractivity contribution in [1.82, 2.24) is 4.98 Å². The summed E-state index contributed by atoms with van der Waals surface area (Å²) in [4.78, 5) is 17.0. The van der Waals surface area contributed by atoms with Crippen molar-refractivity contribution in [2.75, 3.05) is 10.7 Å². The highest BCUT2D eigenvalue weighted by Crippen LogP contribution is 2.43. The van der Waals surface area contributed by atoms with Gasteiger partial charge in [0.25, 0.3) is 0 Å². The fourth-order valence-electron chi connectivity index (χ4n) is 2.20. The first-order chi connectivity index (χ1) is 10.1. The van der Waals surface area contributed by atoms with Crippen molar-refractivity contribution in [2.24, 2.45) is 0 Å². The second kappa shape index (κ2) is 5.40. The first kappa shape index (κ1) is 13.9. The Bertz CT molecular complexity index is 673. The molecule has 0 radical (unpaired) electrons. The van der Waals surface area contributed by atoms with Gasteiger partial charge in [-0.25, -0.2) is 13.2 Å². The maximum atomic E-state index is 13.9. The second-order valence-corrected chi connectivity index (χ2v) is 5.50. The molecule has 3 rings (SSSR count). The van der Waals surface area contributed by atoms with E-state index in [2.05, 4.69) is 4.98 Å². The molecule has 2 heterocycles. The average Bonchev–Trinajstić information content (AvgIpc) is 2.81. The Morgan fingerprint density at radius 3 is 2.57 bits per heavy atom. The Labute approximate surface area is 122 Å². The molecule has 1 atom stereocenters. The van der Waals surface area contributed by atoms with Crippen molar-refractivity contribution >= 4 is 23.4 Å². The van der Waals surface area contributed by atoms with E-state index in [0.717, 1.165) is 4.90 Å². The summed E-state index contributed by atoms with van der Waals surface area (Å²) < 4.78 is 40.9. The summed E-state index contributed by atoms with van der Waals surface area (Å²) in [6, 6.07) is 4.52. The summed E-state index contributed by atoms with van der Waals surface area (Å²) in [5, 5.41) is -0.583. The number of rotatable bonds is 2. The number of carbonyl (C=O) groups is 1. The fraction of sp³-hybridized carbons (Fsp3) is 0.143. The number of anilines is 1. The molecule has 1 fully saturated rings. The van der Waals surface area contributed by atoms with Gasteiger partial charge in [0.15, 0.2) is 11.6 Å². The van der Waals surface area contributed by atoms with Crippen molar-refractivity contribution < 1.29 is 18.0 Å². The third-order valence-electron chi connectivity index (χ3n) is 3.06. The number of thioether (sulfide) groups is 1. The van der Waals surface area contributed by atoms with E-state index >= 15 is 0 Å². The molecule has 0 bridgehead atoms. The highest BCUT2D eigenvalue weighted by Gasteiger charge is 2.37. The number of nitrogens with zero attached hydrogens (tertiary/aromatic N) is 2. The summed E-state index contributed by atoms with van der Waals surface area (Å²) in [5.74, 6) is -3.56. The lowest BCUT2D eigenvalue weighted by Crippen LogP contribution is -2.29. The van der Waals surface area contributed by atoms with Crippen LogP contribution in [0.4, 0.5) is 18.9 Å².